The van der Waals surface area contributed by atoms with Gasteiger partial charge in [-0.05, 0) is 80.3 Å². The first kappa shape index (κ1) is 27.7. The summed E-state index contributed by atoms with van der Waals surface area (Å²) in [5.74, 6) is 0.668. The summed E-state index contributed by atoms with van der Waals surface area (Å²) < 4.78 is 10.5. The minimum Gasteiger partial charge on any atom is -0.490 e. The fourth-order valence-corrected chi connectivity index (χ4v) is 6.54. The van der Waals surface area contributed by atoms with E-state index in [1.165, 1.54) is 12.7 Å². The number of benzene rings is 2. The van der Waals surface area contributed by atoms with Crippen LogP contribution < -0.4 is 10.1 Å². The van der Waals surface area contributed by atoms with Gasteiger partial charge in [0.15, 0.2) is 0 Å². The highest BCUT2D eigenvalue weighted by Crippen LogP contribution is 2.41. The zero-order chi connectivity index (χ0) is 28.2. The summed E-state index contributed by atoms with van der Waals surface area (Å²) in [4.78, 5) is 32.3. The molecule has 1 fully saturated rings. The second-order valence-electron chi connectivity index (χ2n) is 10.6. The largest absolute Gasteiger partial charge is 0.490 e. The number of rotatable bonds is 7. The van der Waals surface area contributed by atoms with Crippen LogP contribution in [0.15, 0.2) is 42.6 Å². The first-order valence-corrected chi connectivity index (χ1v) is 14.6. The molecule has 1 aliphatic heterocycles. The predicted octanol–water partition coefficient (Wildman–Crippen LogP) is 6.11. The highest BCUT2D eigenvalue weighted by Gasteiger charge is 2.30. The Morgan fingerprint density at radius 2 is 2.00 bits per heavy atom. The lowest BCUT2D eigenvalue weighted by atomic mass is 9.94. The third kappa shape index (κ3) is 5.97. The fraction of sp³-hybridized carbons (Fsp3) is 0.419. The molecule has 0 bridgehead atoms. The molecule has 3 aromatic rings. The van der Waals surface area contributed by atoms with Gasteiger partial charge in [0.05, 0.1) is 29.7 Å². The lowest BCUT2D eigenvalue weighted by molar-refractivity contribution is -0.142. The lowest BCUT2D eigenvalue weighted by Gasteiger charge is -2.32. The quantitative estimate of drug-likeness (QED) is 0.351. The fourth-order valence-electron chi connectivity index (χ4n) is 5.57. The van der Waals surface area contributed by atoms with Gasteiger partial charge in [-0.1, -0.05) is 18.2 Å². The van der Waals surface area contributed by atoms with Gasteiger partial charge in [-0.2, -0.15) is 5.26 Å². The summed E-state index contributed by atoms with van der Waals surface area (Å²) >= 11 is 1.60. The van der Waals surface area contributed by atoms with Gasteiger partial charge in [0.1, 0.15) is 16.8 Å². The van der Waals surface area contributed by atoms with Crippen molar-refractivity contribution in [3.05, 3.63) is 59.3 Å². The van der Waals surface area contributed by atoms with Gasteiger partial charge >= 0.3 is 12.0 Å². The number of fused-ring (bicyclic) bond motifs is 1. The predicted molar refractivity (Wildman–Crippen MR) is 154 cm³/mol. The second kappa shape index (κ2) is 12.1. The first-order chi connectivity index (χ1) is 19.4. The van der Waals surface area contributed by atoms with Crippen LogP contribution in [0.25, 0.3) is 21.0 Å². The van der Waals surface area contributed by atoms with Gasteiger partial charge in [0.2, 0.25) is 0 Å². The molecule has 1 N–H and O–H groups in total. The number of carbonyl (C=O) groups is 2. The molecule has 2 heterocycles. The molecule has 2 amide bonds. The maximum Gasteiger partial charge on any atom is 0.317 e. The van der Waals surface area contributed by atoms with Gasteiger partial charge in [-0.3, -0.25) is 4.79 Å². The number of aromatic nitrogens is 1. The number of hydrogen-bond acceptors (Lipinski definition) is 7. The summed E-state index contributed by atoms with van der Waals surface area (Å²) in [6, 6.07) is 14.0. The molecule has 1 aromatic heterocycles. The van der Waals surface area contributed by atoms with E-state index in [4.69, 9.17) is 9.47 Å². The van der Waals surface area contributed by atoms with Crippen LogP contribution in [-0.4, -0.2) is 48.2 Å². The van der Waals surface area contributed by atoms with Gasteiger partial charge in [-0.15, -0.1) is 11.3 Å². The molecular weight excluding hydrogens is 524 g/mol. The smallest absolute Gasteiger partial charge is 0.317 e. The third-order valence-electron chi connectivity index (χ3n) is 7.63. The maximum absolute atomic E-state index is 13.1. The summed E-state index contributed by atoms with van der Waals surface area (Å²) in [6.07, 6.45) is 5.65. The van der Waals surface area contributed by atoms with E-state index in [0.717, 1.165) is 52.3 Å². The van der Waals surface area contributed by atoms with Crippen LogP contribution in [0.3, 0.4) is 0 Å². The molecule has 0 unspecified atom stereocenters. The van der Waals surface area contributed by atoms with E-state index in [-0.39, 0.29) is 30.1 Å². The van der Waals surface area contributed by atoms with Crippen LogP contribution >= 0.6 is 11.3 Å². The Morgan fingerprint density at radius 3 is 2.73 bits per heavy atom. The number of thiazole rings is 1. The molecule has 5 rings (SSSR count). The summed E-state index contributed by atoms with van der Waals surface area (Å²) in [7, 11) is 1.41. The molecule has 1 saturated heterocycles. The number of amides is 2. The van der Waals surface area contributed by atoms with Crippen molar-refractivity contribution in [2.45, 2.75) is 58.1 Å². The zero-order valence-corrected chi connectivity index (χ0v) is 23.9. The minimum absolute atomic E-state index is 0.0107. The van der Waals surface area contributed by atoms with E-state index in [2.05, 4.69) is 28.5 Å². The standard InChI is InChI=1S/C31H34N4O4S/c1-19(2)39-27-10-7-21(16-22(27)17-32)30-33-18-28(40-30)25-6-4-5-24-23(25)8-9-26(24)34-31(37)35-13-11-20(12-14-35)15-29(36)38-3/h4-7,10,16,18-20,26H,8-9,11-15H2,1-3H3,(H,34,37)/t26-/m1/s1. The Morgan fingerprint density at radius 1 is 1.20 bits per heavy atom. The molecule has 2 aliphatic rings. The molecule has 2 aromatic carbocycles. The Kier molecular flexibility index (Phi) is 8.36. The molecule has 8 nitrogen and oxygen atoms in total. The van der Waals surface area contributed by atoms with Crippen LogP contribution in [0.5, 0.6) is 5.75 Å². The number of nitrogens with zero attached hydrogens (tertiary/aromatic N) is 3. The number of likely N-dealkylation sites (tertiary alicyclic amines) is 1. The second-order valence-corrected chi connectivity index (χ2v) is 11.7. The number of methoxy groups -OCH3 is 1. The lowest BCUT2D eigenvalue weighted by Crippen LogP contribution is -2.45. The number of urea groups is 1. The molecule has 1 aliphatic carbocycles. The highest BCUT2D eigenvalue weighted by molar-refractivity contribution is 7.18. The van der Waals surface area contributed by atoms with E-state index in [1.807, 2.05) is 49.2 Å². The number of esters is 1. The number of hydrogen-bond donors (Lipinski definition) is 1. The number of piperidine rings is 1. The molecule has 9 heteroatoms. The van der Waals surface area contributed by atoms with Crippen LogP contribution in [0.4, 0.5) is 4.79 Å². The first-order valence-electron chi connectivity index (χ1n) is 13.8. The normalized spacial score (nSPS) is 16.9. The molecule has 40 heavy (non-hydrogen) atoms. The zero-order valence-electron chi connectivity index (χ0n) is 23.1. The van der Waals surface area contributed by atoms with Crippen LogP contribution in [0, 0.1) is 17.2 Å². The van der Waals surface area contributed by atoms with Crippen molar-refractivity contribution < 1.29 is 19.1 Å². The van der Waals surface area contributed by atoms with Crippen LogP contribution in [-0.2, 0) is 16.0 Å². The van der Waals surface area contributed by atoms with Crippen molar-refractivity contribution in [3.63, 3.8) is 0 Å². The van der Waals surface area contributed by atoms with Crippen LogP contribution in [0.1, 0.15) is 62.3 Å². The molecule has 0 spiro atoms. The van der Waals surface area contributed by atoms with Crippen molar-refractivity contribution >= 4 is 23.3 Å². The molecular formula is C31H34N4O4S. The number of ether oxygens (including phenoxy) is 2. The van der Waals surface area contributed by atoms with Crippen molar-refractivity contribution in [1.82, 2.24) is 15.2 Å². The monoisotopic (exact) mass is 558 g/mol. The Balaban J connectivity index is 1.27. The van der Waals surface area contributed by atoms with Gasteiger partial charge in [-0.25, -0.2) is 9.78 Å². The van der Waals surface area contributed by atoms with Crippen molar-refractivity contribution in [1.29, 1.82) is 5.26 Å². The highest BCUT2D eigenvalue weighted by atomic mass is 32.1. The number of nitrogens with one attached hydrogen (secondary N) is 1. The van der Waals surface area contributed by atoms with Crippen LogP contribution in [0.2, 0.25) is 0 Å². The number of nitriles is 1. The van der Waals surface area contributed by atoms with E-state index in [1.54, 1.807) is 11.3 Å². The van der Waals surface area contributed by atoms with Crippen molar-refractivity contribution in [3.8, 4) is 32.8 Å². The average molecular weight is 559 g/mol. The van der Waals surface area contributed by atoms with E-state index >= 15 is 0 Å². The molecule has 0 saturated carbocycles. The van der Waals surface area contributed by atoms with Gasteiger partial charge < -0.3 is 19.7 Å². The van der Waals surface area contributed by atoms with E-state index < -0.39 is 0 Å². The topological polar surface area (TPSA) is 105 Å². The average Bonchev–Trinajstić information content (AvgIpc) is 3.61. The Labute approximate surface area is 238 Å². The molecule has 208 valence electrons. The SMILES string of the molecule is COC(=O)CC1CCN(C(=O)N[C@@H]2CCc3c(-c4cnc(-c5ccc(OC(C)C)c(C#N)c5)s4)cccc32)CC1. The summed E-state index contributed by atoms with van der Waals surface area (Å²) in [6.45, 7) is 5.17. The summed E-state index contributed by atoms with van der Waals surface area (Å²) in [5.41, 5.74) is 4.93. The van der Waals surface area contributed by atoms with E-state index in [0.29, 0.717) is 30.8 Å². The van der Waals surface area contributed by atoms with E-state index in [9.17, 15) is 14.9 Å². The third-order valence-corrected chi connectivity index (χ3v) is 8.71. The summed E-state index contributed by atoms with van der Waals surface area (Å²) in [5, 5.41) is 13.7. The number of carbonyl (C=O) groups excluding carboxylic acids is 2. The van der Waals surface area contributed by atoms with Crippen molar-refractivity contribution in [2.75, 3.05) is 20.2 Å². The Hall–Kier alpha value is -3.90. The molecule has 0 radical (unpaired) electrons. The Bertz CT molecular complexity index is 1440. The maximum atomic E-state index is 13.1. The van der Waals surface area contributed by atoms with Gasteiger partial charge in [0.25, 0.3) is 0 Å². The molecule has 1 atom stereocenters. The minimum atomic E-state index is -0.185. The van der Waals surface area contributed by atoms with Crippen molar-refractivity contribution in [2.24, 2.45) is 5.92 Å². The van der Waals surface area contributed by atoms with Gasteiger partial charge in [0, 0.05) is 31.3 Å².